The van der Waals surface area contributed by atoms with Crippen LogP contribution in [0, 0.1) is 0 Å². The first-order valence-electron chi connectivity index (χ1n) is 9.94. The summed E-state index contributed by atoms with van der Waals surface area (Å²) in [4.78, 5) is 0. The number of thiocarbonyl (C=S) groups is 2. The van der Waals surface area contributed by atoms with Gasteiger partial charge in [-0.1, -0.05) is 62.1 Å². The van der Waals surface area contributed by atoms with Gasteiger partial charge in [-0.3, -0.25) is 0 Å². The molecule has 0 aliphatic heterocycles. The van der Waals surface area contributed by atoms with Crippen LogP contribution in [0.1, 0.15) is 38.5 Å². The molecule has 0 spiro atoms. The van der Waals surface area contributed by atoms with E-state index in [1.807, 2.05) is 60.7 Å². The van der Waals surface area contributed by atoms with E-state index in [1.54, 1.807) is 0 Å². The first-order valence-corrected chi connectivity index (χ1v) is 10.8. The van der Waals surface area contributed by atoms with E-state index in [2.05, 4.69) is 21.3 Å². The van der Waals surface area contributed by atoms with Crippen LogP contribution in [0.4, 0.5) is 11.4 Å². The Morgan fingerprint density at radius 2 is 0.893 bits per heavy atom. The molecule has 0 unspecified atom stereocenters. The third-order valence-corrected chi connectivity index (χ3v) is 4.73. The molecule has 0 aromatic heterocycles. The van der Waals surface area contributed by atoms with E-state index in [1.165, 1.54) is 25.7 Å². The van der Waals surface area contributed by atoms with Crippen LogP contribution in [0.2, 0.25) is 0 Å². The summed E-state index contributed by atoms with van der Waals surface area (Å²) in [7, 11) is 0. The van der Waals surface area contributed by atoms with Crippen molar-refractivity contribution in [1.29, 1.82) is 0 Å². The molecular weight excluding hydrogens is 384 g/mol. The van der Waals surface area contributed by atoms with Crippen molar-refractivity contribution < 1.29 is 0 Å². The summed E-state index contributed by atoms with van der Waals surface area (Å²) >= 11 is 10.6. The number of para-hydroxylation sites is 2. The maximum atomic E-state index is 5.30. The quantitative estimate of drug-likeness (QED) is 0.296. The van der Waals surface area contributed by atoms with Gasteiger partial charge in [-0.25, -0.2) is 0 Å². The normalized spacial score (nSPS) is 10.1. The van der Waals surface area contributed by atoms with Crippen LogP contribution >= 0.6 is 24.4 Å². The molecule has 0 saturated heterocycles. The van der Waals surface area contributed by atoms with Crippen molar-refractivity contribution in [2.24, 2.45) is 0 Å². The van der Waals surface area contributed by atoms with E-state index in [9.17, 15) is 0 Å². The minimum absolute atomic E-state index is 0.692. The van der Waals surface area contributed by atoms with Crippen LogP contribution in [-0.2, 0) is 0 Å². The van der Waals surface area contributed by atoms with Crippen molar-refractivity contribution in [3.05, 3.63) is 60.7 Å². The lowest BCUT2D eigenvalue weighted by molar-refractivity contribution is 0.587. The molecule has 150 valence electrons. The Kier molecular flexibility index (Phi) is 11.0. The van der Waals surface area contributed by atoms with E-state index >= 15 is 0 Å². The van der Waals surface area contributed by atoms with Gasteiger partial charge >= 0.3 is 0 Å². The highest BCUT2D eigenvalue weighted by Crippen LogP contribution is 2.07. The van der Waals surface area contributed by atoms with Gasteiger partial charge in [0.05, 0.1) is 0 Å². The highest BCUT2D eigenvalue weighted by Gasteiger charge is 1.98. The summed E-state index contributed by atoms with van der Waals surface area (Å²) in [6.07, 6.45) is 7.24. The van der Waals surface area contributed by atoms with Crippen LogP contribution in [-0.4, -0.2) is 23.3 Å². The fourth-order valence-electron chi connectivity index (χ4n) is 2.75. The number of anilines is 2. The Hall–Kier alpha value is -2.18. The average Bonchev–Trinajstić information content (AvgIpc) is 2.71. The van der Waals surface area contributed by atoms with Crippen molar-refractivity contribution in [2.45, 2.75) is 38.5 Å². The Morgan fingerprint density at radius 1 is 0.536 bits per heavy atom. The summed E-state index contributed by atoms with van der Waals surface area (Å²) in [6, 6.07) is 20.0. The molecule has 0 heterocycles. The lowest BCUT2D eigenvalue weighted by Crippen LogP contribution is -2.29. The SMILES string of the molecule is S=C(NCCCCCCCCNC(=S)Nc1ccccc1)Nc1ccccc1. The van der Waals surface area contributed by atoms with E-state index in [-0.39, 0.29) is 0 Å². The predicted molar refractivity (Wildman–Crippen MR) is 129 cm³/mol. The standard InChI is InChI=1S/C22H30N4S2/c27-21(25-19-13-7-5-8-14-19)23-17-11-3-1-2-4-12-18-24-22(28)26-20-15-9-6-10-16-20/h5-10,13-16H,1-4,11-12,17-18H2,(H2,23,25,27)(H2,24,26,28). The molecule has 6 heteroatoms. The fraction of sp³-hybridized carbons (Fsp3) is 0.364. The summed E-state index contributed by atoms with van der Waals surface area (Å²) in [5.41, 5.74) is 2.04. The van der Waals surface area contributed by atoms with Crippen molar-refractivity contribution in [3.8, 4) is 0 Å². The molecule has 0 atom stereocenters. The first-order chi connectivity index (χ1) is 13.7. The zero-order valence-corrected chi connectivity index (χ0v) is 17.9. The molecule has 2 aromatic rings. The van der Waals surface area contributed by atoms with Crippen LogP contribution in [0.5, 0.6) is 0 Å². The largest absolute Gasteiger partial charge is 0.362 e. The molecule has 4 nitrogen and oxygen atoms in total. The van der Waals surface area contributed by atoms with Gasteiger partial charge in [0, 0.05) is 24.5 Å². The van der Waals surface area contributed by atoms with Gasteiger partial charge in [-0.15, -0.1) is 0 Å². The molecule has 4 N–H and O–H groups in total. The number of nitrogens with one attached hydrogen (secondary N) is 4. The van der Waals surface area contributed by atoms with Gasteiger partial charge in [-0.05, 0) is 61.5 Å². The molecule has 0 bridgehead atoms. The Morgan fingerprint density at radius 3 is 1.29 bits per heavy atom. The van der Waals surface area contributed by atoms with Gasteiger partial charge in [0.15, 0.2) is 10.2 Å². The predicted octanol–water partition coefficient (Wildman–Crippen LogP) is 5.30. The summed E-state index contributed by atoms with van der Waals surface area (Å²) in [5.74, 6) is 0. The monoisotopic (exact) mass is 414 g/mol. The molecule has 2 aromatic carbocycles. The smallest absolute Gasteiger partial charge is 0.170 e. The van der Waals surface area contributed by atoms with Gasteiger partial charge in [0.1, 0.15) is 0 Å². The number of rotatable bonds is 11. The average molecular weight is 415 g/mol. The van der Waals surface area contributed by atoms with Crippen LogP contribution in [0.25, 0.3) is 0 Å². The fourth-order valence-corrected chi connectivity index (χ4v) is 3.19. The number of hydrogen-bond donors (Lipinski definition) is 4. The molecule has 0 fully saturated rings. The van der Waals surface area contributed by atoms with E-state index in [0.717, 1.165) is 37.3 Å². The zero-order chi connectivity index (χ0) is 19.9. The summed E-state index contributed by atoms with van der Waals surface area (Å²) in [5, 5.41) is 14.3. The second-order valence-corrected chi connectivity index (χ2v) is 7.43. The van der Waals surface area contributed by atoms with Gasteiger partial charge in [0.25, 0.3) is 0 Å². The minimum atomic E-state index is 0.692. The molecule has 2 rings (SSSR count). The van der Waals surface area contributed by atoms with Crippen LogP contribution in [0.15, 0.2) is 60.7 Å². The first kappa shape index (κ1) is 22.1. The van der Waals surface area contributed by atoms with Gasteiger partial charge in [-0.2, -0.15) is 0 Å². The number of hydrogen-bond acceptors (Lipinski definition) is 2. The third-order valence-electron chi connectivity index (χ3n) is 4.24. The second kappa shape index (κ2) is 13.9. The van der Waals surface area contributed by atoms with E-state index < -0.39 is 0 Å². The number of benzene rings is 2. The molecule has 28 heavy (non-hydrogen) atoms. The van der Waals surface area contributed by atoms with Crippen LogP contribution in [0.3, 0.4) is 0 Å². The van der Waals surface area contributed by atoms with Crippen LogP contribution < -0.4 is 21.3 Å². The molecule has 0 saturated carbocycles. The summed E-state index contributed by atoms with van der Waals surface area (Å²) < 4.78 is 0. The van der Waals surface area contributed by atoms with E-state index in [0.29, 0.717) is 10.2 Å². The molecule has 0 radical (unpaired) electrons. The maximum absolute atomic E-state index is 5.30. The molecule has 0 aliphatic rings. The van der Waals surface area contributed by atoms with Crippen molar-refractivity contribution in [1.82, 2.24) is 10.6 Å². The van der Waals surface area contributed by atoms with Crippen molar-refractivity contribution in [2.75, 3.05) is 23.7 Å². The Labute approximate surface area is 179 Å². The topological polar surface area (TPSA) is 48.1 Å². The lowest BCUT2D eigenvalue weighted by atomic mass is 10.1. The van der Waals surface area contributed by atoms with E-state index in [4.69, 9.17) is 24.4 Å². The van der Waals surface area contributed by atoms with Crippen molar-refractivity contribution >= 4 is 46.0 Å². The Balaban J connectivity index is 1.37. The zero-order valence-electron chi connectivity index (χ0n) is 16.2. The van der Waals surface area contributed by atoms with Crippen molar-refractivity contribution in [3.63, 3.8) is 0 Å². The highest BCUT2D eigenvalue weighted by atomic mass is 32.1. The van der Waals surface area contributed by atoms with Gasteiger partial charge < -0.3 is 21.3 Å². The second-order valence-electron chi connectivity index (χ2n) is 6.62. The summed E-state index contributed by atoms with van der Waals surface area (Å²) in [6.45, 7) is 1.83. The lowest BCUT2D eigenvalue weighted by Gasteiger charge is -2.11. The Bertz CT molecular complexity index is 631. The maximum Gasteiger partial charge on any atom is 0.170 e. The molecule has 0 amide bonds. The minimum Gasteiger partial charge on any atom is -0.362 e. The third kappa shape index (κ3) is 10.2. The highest BCUT2D eigenvalue weighted by molar-refractivity contribution is 7.80. The molecule has 0 aliphatic carbocycles. The number of unbranched alkanes of at least 4 members (excludes halogenated alkanes) is 5. The van der Waals surface area contributed by atoms with Gasteiger partial charge in [0.2, 0.25) is 0 Å². The molecular formula is C22H30N4S2.